The van der Waals surface area contributed by atoms with E-state index in [1.54, 1.807) is 17.0 Å². The monoisotopic (exact) mass is 366 g/mol. The van der Waals surface area contributed by atoms with Crippen LogP contribution in [-0.2, 0) is 6.42 Å². The van der Waals surface area contributed by atoms with Crippen molar-refractivity contribution >= 4 is 22.8 Å². The Balaban J connectivity index is 1.33. The van der Waals surface area contributed by atoms with E-state index >= 15 is 0 Å². The van der Waals surface area contributed by atoms with Crippen LogP contribution in [0.2, 0.25) is 0 Å². The van der Waals surface area contributed by atoms with Crippen molar-refractivity contribution in [3.05, 3.63) is 47.5 Å². The van der Waals surface area contributed by atoms with E-state index in [1.165, 1.54) is 0 Å². The van der Waals surface area contributed by atoms with Gasteiger partial charge in [0.25, 0.3) is 5.91 Å². The van der Waals surface area contributed by atoms with Gasteiger partial charge in [0, 0.05) is 32.1 Å². The Hall–Kier alpha value is -3.00. The molecular weight excluding hydrogens is 344 g/mol. The molecule has 2 aromatic heterocycles. The number of para-hydroxylation sites is 1. The summed E-state index contributed by atoms with van der Waals surface area (Å²) in [6, 6.07) is 9.39. The fourth-order valence-corrected chi connectivity index (χ4v) is 3.21. The molecule has 3 heterocycles. The average molecular weight is 366 g/mol. The first kappa shape index (κ1) is 17.4. The number of rotatable bonds is 5. The zero-order chi connectivity index (χ0) is 18.8. The zero-order valence-corrected chi connectivity index (χ0v) is 15.2. The number of aromatic nitrogens is 3. The van der Waals surface area contributed by atoms with E-state index in [0.717, 1.165) is 23.1 Å². The smallest absolute Gasteiger partial charge is 0.274 e. The van der Waals surface area contributed by atoms with Crippen LogP contribution in [0.3, 0.4) is 0 Å². The number of likely N-dealkylation sites (tertiary alicyclic amines) is 1. The molecule has 27 heavy (non-hydrogen) atoms. The van der Waals surface area contributed by atoms with Crippen molar-refractivity contribution in [3.63, 3.8) is 0 Å². The fraction of sp³-hybridized carbons (Fsp3) is 0.368. The number of nitrogens with zero attached hydrogens (tertiary/aromatic N) is 4. The number of anilines is 1. The van der Waals surface area contributed by atoms with Crippen LogP contribution in [-0.4, -0.2) is 51.7 Å². The van der Waals surface area contributed by atoms with E-state index in [1.807, 2.05) is 25.1 Å². The first-order chi connectivity index (χ1) is 13.1. The van der Waals surface area contributed by atoms with Crippen molar-refractivity contribution in [2.45, 2.75) is 25.8 Å². The fourth-order valence-electron chi connectivity index (χ4n) is 3.21. The van der Waals surface area contributed by atoms with Gasteiger partial charge in [0.1, 0.15) is 11.3 Å². The van der Waals surface area contributed by atoms with Gasteiger partial charge in [0.05, 0.1) is 0 Å². The number of aryl methyl sites for hydroxylation is 1. The second kappa shape index (κ2) is 7.32. The molecule has 4 rings (SSSR count). The third-order valence-corrected chi connectivity index (χ3v) is 4.71. The zero-order valence-electron chi connectivity index (χ0n) is 15.2. The minimum Gasteiger partial charge on any atom is -0.441 e. The van der Waals surface area contributed by atoms with Crippen molar-refractivity contribution in [2.24, 2.45) is 5.73 Å². The number of carbonyl (C=O) groups is 1. The van der Waals surface area contributed by atoms with Gasteiger partial charge in [0.15, 0.2) is 17.2 Å². The van der Waals surface area contributed by atoms with Crippen molar-refractivity contribution < 1.29 is 9.21 Å². The summed E-state index contributed by atoms with van der Waals surface area (Å²) < 4.78 is 5.76. The van der Waals surface area contributed by atoms with E-state index in [2.05, 4.69) is 20.5 Å². The Kier molecular flexibility index (Phi) is 4.72. The highest BCUT2D eigenvalue weighted by Gasteiger charge is 2.25. The second-order valence-electron chi connectivity index (χ2n) is 6.81. The molecule has 1 amide bonds. The molecule has 3 aromatic rings. The standard InChI is InChI=1S/C19H22N6O2/c1-12-3-2-4-15-18(12)22-17(27-15)7-9-21-16-6-5-14(23-24-16)19(26)25-10-8-13(20)11-25/h2-6,13H,7-11,20H2,1H3,(H,21,24). The summed E-state index contributed by atoms with van der Waals surface area (Å²) in [7, 11) is 0. The summed E-state index contributed by atoms with van der Waals surface area (Å²) >= 11 is 0. The highest BCUT2D eigenvalue weighted by molar-refractivity contribution is 5.92. The van der Waals surface area contributed by atoms with Gasteiger partial charge in [-0.1, -0.05) is 12.1 Å². The second-order valence-corrected chi connectivity index (χ2v) is 6.81. The van der Waals surface area contributed by atoms with Gasteiger partial charge < -0.3 is 20.4 Å². The van der Waals surface area contributed by atoms with Crippen LogP contribution in [0, 0.1) is 6.92 Å². The van der Waals surface area contributed by atoms with Gasteiger partial charge in [-0.15, -0.1) is 10.2 Å². The van der Waals surface area contributed by atoms with Gasteiger partial charge in [-0.3, -0.25) is 4.79 Å². The maximum absolute atomic E-state index is 12.3. The van der Waals surface area contributed by atoms with Crippen LogP contribution in [0.15, 0.2) is 34.7 Å². The van der Waals surface area contributed by atoms with Gasteiger partial charge in [-0.05, 0) is 37.1 Å². The molecule has 1 saturated heterocycles. The normalized spacial score (nSPS) is 16.8. The maximum atomic E-state index is 12.3. The predicted octanol–water partition coefficient (Wildman–Crippen LogP) is 1.75. The molecule has 0 saturated carbocycles. The van der Waals surface area contributed by atoms with Crippen LogP contribution in [0.4, 0.5) is 5.82 Å². The molecule has 0 bridgehead atoms. The minimum absolute atomic E-state index is 0.0542. The van der Waals surface area contributed by atoms with Crippen molar-refractivity contribution in [3.8, 4) is 0 Å². The molecule has 1 aliphatic heterocycles. The maximum Gasteiger partial charge on any atom is 0.274 e. The number of oxazole rings is 1. The summed E-state index contributed by atoms with van der Waals surface area (Å²) in [6.07, 6.45) is 1.45. The molecular formula is C19H22N6O2. The number of benzene rings is 1. The van der Waals surface area contributed by atoms with Crippen LogP contribution in [0.25, 0.3) is 11.1 Å². The Morgan fingerprint density at radius 3 is 2.93 bits per heavy atom. The number of nitrogens with one attached hydrogen (secondary N) is 1. The van der Waals surface area contributed by atoms with Crippen molar-refractivity contribution in [1.82, 2.24) is 20.1 Å². The molecule has 1 fully saturated rings. The lowest BCUT2D eigenvalue weighted by atomic mass is 10.2. The predicted molar refractivity (Wildman–Crippen MR) is 101 cm³/mol. The van der Waals surface area contributed by atoms with Crippen LogP contribution >= 0.6 is 0 Å². The molecule has 0 radical (unpaired) electrons. The molecule has 1 aliphatic rings. The van der Waals surface area contributed by atoms with Crippen molar-refractivity contribution in [2.75, 3.05) is 25.0 Å². The van der Waals surface area contributed by atoms with Crippen LogP contribution < -0.4 is 11.1 Å². The SMILES string of the molecule is Cc1cccc2oc(CCNc3ccc(C(=O)N4CCC(N)C4)nn3)nc12. The van der Waals surface area contributed by atoms with Crippen LogP contribution in [0.5, 0.6) is 0 Å². The summed E-state index contributed by atoms with van der Waals surface area (Å²) in [5.41, 5.74) is 8.98. The van der Waals surface area contributed by atoms with Gasteiger partial charge in [0.2, 0.25) is 0 Å². The molecule has 8 nitrogen and oxygen atoms in total. The molecule has 0 aliphatic carbocycles. The Morgan fingerprint density at radius 1 is 1.33 bits per heavy atom. The summed E-state index contributed by atoms with van der Waals surface area (Å²) in [5, 5.41) is 11.3. The van der Waals surface area contributed by atoms with Crippen LogP contribution in [0.1, 0.15) is 28.4 Å². The van der Waals surface area contributed by atoms with E-state index in [4.69, 9.17) is 10.2 Å². The van der Waals surface area contributed by atoms with Gasteiger partial charge in [-0.25, -0.2) is 4.98 Å². The quantitative estimate of drug-likeness (QED) is 0.708. The molecule has 1 atom stereocenters. The largest absolute Gasteiger partial charge is 0.441 e. The number of amides is 1. The minimum atomic E-state index is -0.121. The number of hydrogen-bond acceptors (Lipinski definition) is 7. The van der Waals surface area contributed by atoms with Gasteiger partial charge in [-0.2, -0.15) is 0 Å². The molecule has 140 valence electrons. The highest BCUT2D eigenvalue weighted by atomic mass is 16.3. The first-order valence-electron chi connectivity index (χ1n) is 9.07. The van der Waals surface area contributed by atoms with E-state index in [9.17, 15) is 4.79 Å². The summed E-state index contributed by atoms with van der Waals surface area (Å²) in [5.74, 6) is 1.16. The number of carbonyl (C=O) groups excluding carboxylic acids is 1. The summed E-state index contributed by atoms with van der Waals surface area (Å²) in [4.78, 5) is 18.6. The number of hydrogen-bond donors (Lipinski definition) is 2. The van der Waals surface area contributed by atoms with Gasteiger partial charge >= 0.3 is 0 Å². The van der Waals surface area contributed by atoms with E-state index in [0.29, 0.717) is 43.5 Å². The summed E-state index contributed by atoms with van der Waals surface area (Å²) in [6.45, 7) is 3.87. The Bertz CT molecular complexity index is 952. The molecule has 1 unspecified atom stereocenters. The molecule has 3 N–H and O–H groups in total. The number of nitrogens with two attached hydrogens (primary N) is 1. The number of fused-ring (bicyclic) bond motifs is 1. The lowest BCUT2D eigenvalue weighted by Crippen LogP contribution is -2.32. The molecule has 1 aromatic carbocycles. The topological polar surface area (TPSA) is 110 Å². The Labute approximate surface area is 156 Å². The molecule has 0 spiro atoms. The average Bonchev–Trinajstić information content (AvgIpc) is 3.29. The molecule has 8 heteroatoms. The van der Waals surface area contributed by atoms with Crippen molar-refractivity contribution in [1.29, 1.82) is 0 Å². The van der Waals surface area contributed by atoms with E-state index < -0.39 is 0 Å². The highest BCUT2D eigenvalue weighted by Crippen LogP contribution is 2.19. The lowest BCUT2D eigenvalue weighted by molar-refractivity contribution is 0.0784. The lowest BCUT2D eigenvalue weighted by Gasteiger charge is -2.14. The third-order valence-electron chi connectivity index (χ3n) is 4.71. The third kappa shape index (κ3) is 3.75. The van der Waals surface area contributed by atoms with E-state index in [-0.39, 0.29) is 11.9 Å². The first-order valence-corrected chi connectivity index (χ1v) is 9.07. The Morgan fingerprint density at radius 2 is 2.22 bits per heavy atom.